The van der Waals surface area contributed by atoms with E-state index in [0.29, 0.717) is 5.88 Å². The monoisotopic (exact) mass is 285 g/mol. The van der Waals surface area contributed by atoms with Gasteiger partial charge in [0.1, 0.15) is 6.04 Å². The Labute approximate surface area is 118 Å². The largest absolute Gasteiger partial charge is 0.341 e. The van der Waals surface area contributed by atoms with E-state index in [4.69, 9.17) is 5.73 Å². The highest BCUT2D eigenvalue weighted by molar-refractivity contribution is 7.99. The molecule has 1 aliphatic heterocycles. The standard InChI is InChI=1S/C13H23N3O2S/c1-9(17)16-8-19-7-12(16)13(18)15(2)11-5-3-10(14)4-6-11/h10-12H,3-8,14H2,1-2H3. The van der Waals surface area contributed by atoms with Gasteiger partial charge in [0.15, 0.2) is 0 Å². The maximum Gasteiger partial charge on any atom is 0.246 e. The summed E-state index contributed by atoms with van der Waals surface area (Å²) in [6.07, 6.45) is 3.92. The van der Waals surface area contributed by atoms with E-state index in [9.17, 15) is 9.59 Å². The summed E-state index contributed by atoms with van der Waals surface area (Å²) in [6, 6.07) is 0.297. The second-order valence-electron chi connectivity index (χ2n) is 5.52. The van der Waals surface area contributed by atoms with Crippen molar-refractivity contribution in [3.8, 4) is 0 Å². The molecule has 0 aromatic heterocycles. The molecule has 2 rings (SSSR count). The first-order valence-electron chi connectivity index (χ1n) is 6.88. The van der Waals surface area contributed by atoms with Crippen LogP contribution in [0.2, 0.25) is 0 Å². The van der Waals surface area contributed by atoms with Crippen LogP contribution in [0, 0.1) is 0 Å². The van der Waals surface area contributed by atoms with E-state index < -0.39 is 0 Å². The smallest absolute Gasteiger partial charge is 0.246 e. The molecule has 0 aromatic carbocycles. The van der Waals surface area contributed by atoms with Crippen molar-refractivity contribution in [2.45, 2.75) is 50.7 Å². The zero-order valence-corrected chi connectivity index (χ0v) is 12.5. The minimum absolute atomic E-state index is 0.0117. The Morgan fingerprint density at radius 3 is 2.47 bits per heavy atom. The predicted molar refractivity (Wildman–Crippen MR) is 76.6 cm³/mol. The van der Waals surface area contributed by atoms with Crippen LogP contribution in [0.15, 0.2) is 0 Å². The Kier molecular flexibility index (Phi) is 4.73. The topological polar surface area (TPSA) is 66.6 Å². The van der Waals surface area contributed by atoms with Crippen molar-refractivity contribution in [2.75, 3.05) is 18.7 Å². The molecular formula is C13H23N3O2S. The number of likely N-dealkylation sites (N-methyl/N-ethyl adjacent to an activating group) is 1. The second kappa shape index (κ2) is 6.13. The van der Waals surface area contributed by atoms with E-state index in [1.165, 1.54) is 6.92 Å². The number of hydrogen-bond acceptors (Lipinski definition) is 4. The number of nitrogens with two attached hydrogens (primary N) is 1. The summed E-state index contributed by atoms with van der Waals surface area (Å²) >= 11 is 1.65. The van der Waals surface area contributed by atoms with Crippen LogP contribution >= 0.6 is 11.8 Å². The first-order valence-corrected chi connectivity index (χ1v) is 8.03. The fourth-order valence-electron chi connectivity index (χ4n) is 2.86. The summed E-state index contributed by atoms with van der Waals surface area (Å²) in [5.41, 5.74) is 5.90. The molecular weight excluding hydrogens is 262 g/mol. The minimum Gasteiger partial charge on any atom is -0.341 e. The van der Waals surface area contributed by atoms with Gasteiger partial charge in [-0.15, -0.1) is 11.8 Å². The number of thioether (sulfide) groups is 1. The number of nitrogens with zero attached hydrogens (tertiary/aromatic N) is 2. The molecule has 1 saturated heterocycles. The Balaban J connectivity index is 1.96. The van der Waals surface area contributed by atoms with Gasteiger partial charge >= 0.3 is 0 Å². The number of carbonyl (C=O) groups excluding carboxylic acids is 2. The molecule has 19 heavy (non-hydrogen) atoms. The van der Waals surface area contributed by atoms with Gasteiger partial charge in [0.2, 0.25) is 11.8 Å². The average Bonchev–Trinajstić information content (AvgIpc) is 2.87. The van der Waals surface area contributed by atoms with Crippen molar-refractivity contribution >= 4 is 23.6 Å². The van der Waals surface area contributed by atoms with Crippen molar-refractivity contribution in [1.29, 1.82) is 0 Å². The SMILES string of the molecule is CC(=O)N1CSCC1C(=O)N(C)C1CCC(N)CC1. The molecule has 0 aromatic rings. The van der Waals surface area contributed by atoms with E-state index in [0.717, 1.165) is 31.4 Å². The van der Waals surface area contributed by atoms with Gasteiger partial charge in [-0.25, -0.2) is 0 Å². The number of hydrogen-bond donors (Lipinski definition) is 1. The maximum atomic E-state index is 12.5. The van der Waals surface area contributed by atoms with Crippen molar-refractivity contribution in [3.63, 3.8) is 0 Å². The van der Waals surface area contributed by atoms with Crippen LogP contribution in [-0.4, -0.2) is 58.4 Å². The second-order valence-corrected chi connectivity index (χ2v) is 6.52. The van der Waals surface area contributed by atoms with Gasteiger partial charge in [0.05, 0.1) is 5.88 Å². The van der Waals surface area contributed by atoms with Crippen molar-refractivity contribution in [3.05, 3.63) is 0 Å². The minimum atomic E-state index is -0.275. The average molecular weight is 285 g/mol. The third-order valence-electron chi connectivity index (χ3n) is 4.21. The van der Waals surface area contributed by atoms with Gasteiger partial charge < -0.3 is 15.5 Å². The molecule has 0 bridgehead atoms. The van der Waals surface area contributed by atoms with E-state index >= 15 is 0 Å². The van der Waals surface area contributed by atoms with E-state index in [-0.39, 0.29) is 29.9 Å². The molecule has 1 unspecified atom stereocenters. The molecule has 1 heterocycles. The molecule has 2 N–H and O–H groups in total. The Hall–Kier alpha value is -0.750. The van der Waals surface area contributed by atoms with Crippen LogP contribution in [0.25, 0.3) is 0 Å². The molecule has 2 aliphatic rings. The molecule has 6 heteroatoms. The van der Waals surface area contributed by atoms with Gasteiger partial charge in [-0.3, -0.25) is 9.59 Å². The molecule has 1 aliphatic carbocycles. The number of carbonyl (C=O) groups is 2. The highest BCUT2D eigenvalue weighted by Gasteiger charge is 2.37. The number of amides is 2. The summed E-state index contributed by atoms with van der Waals surface area (Å²) in [6.45, 7) is 1.53. The quantitative estimate of drug-likeness (QED) is 0.808. The first-order chi connectivity index (χ1) is 9.00. The highest BCUT2D eigenvalue weighted by atomic mass is 32.2. The zero-order chi connectivity index (χ0) is 14.0. The number of rotatable bonds is 2. The Morgan fingerprint density at radius 2 is 1.89 bits per heavy atom. The van der Waals surface area contributed by atoms with E-state index in [1.54, 1.807) is 16.7 Å². The van der Waals surface area contributed by atoms with Crippen LogP contribution in [0.3, 0.4) is 0 Å². The van der Waals surface area contributed by atoms with Gasteiger partial charge in [0.25, 0.3) is 0 Å². The summed E-state index contributed by atoms with van der Waals surface area (Å²) in [4.78, 5) is 27.6. The van der Waals surface area contributed by atoms with Gasteiger partial charge in [-0.2, -0.15) is 0 Å². The van der Waals surface area contributed by atoms with Crippen LogP contribution in [0.1, 0.15) is 32.6 Å². The van der Waals surface area contributed by atoms with Gasteiger partial charge in [0, 0.05) is 31.8 Å². The Bertz CT molecular complexity index is 356. The maximum absolute atomic E-state index is 12.5. The molecule has 5 nitrogen and oxygen atoms in total. The van der Waals surface area contributed by atoms with Crippen molar-refractivity contribution < 1.29 is 9.59 Å². The predicted octanol–water partition coefficient (Wildman–Crippen LogP) is 0.636. The van der Waals surface area contributed by atoms with Crippen LogP contribution in [-0.2, 0) is 9.59 Å². The Morgan fingerprint density at radius 1 is 1.26 bits per heavy atom. The molecule has 2 amide bonds. The van der Waals surface area contributed by atoms with E-state index in [1.807, 2.05) is 11.9 Å². The van der Waals surface area contributed by atoms with Gasteiger partial charge in [-0.1, -0.05) is 0 Å². The van der Waals surface area contributed by atoms with Crippen LogP contribution < -0.4 is 5.73 Å². The molecule has 108 valence electrons. The summed E-state index contributed by atoms with van der Waals surface area (Å²) < 4.78 is 0. The molecule has 1 atom stereocenters. The highest BCUT2D eigenvalue weighted by Crippen LogP contribution is 2.26. The fourth-order valence-corrected chi connectivity index (χ4v) is 4.07. The van der Waals surface area contributed by atoms with Crippen LogP contribution in [0.5, 0.6) is 0 Å². The van der Waals surface area contributed by atoms with Crippen molar-refractivity contribution in [2.24, 2.45) is 5.73 Å². The lowest BCUT2D eigenvalue weighted by atomic mass is 9.90. The van der Waals surface area contributed by atoms with Gasteiger partial charge in [-0.05, 0) is 25.7 Å². The van der Waals surface area contributed by atoms with E-state index in [2.05, 4.69) is 0 Å². The third kappa shape index (κ3) is 3.23. The van der Waals surface area contributed by atoms with Crippen LogP contribution in [0.4, 0.5) is 0 Å². The summed E-state index contributed by atoms with van der Waals surface area (Å²) in [5.74, 6) is 1.42. The first kappa shape index (κ1) is 14.7. The molecule has 1 saturated carbocycles. The third-order valence-corrected chi connectivity index (χ3v) is 5.22. The normalized spacial score (nSPS) is 31.3. The summed E-state index contributed by atoms with van der Waals surface area (Å²) in [5, 5.41) is 0. The van der Waals surface area contributed by atoms with Crippen molar-refractivity contribution in [1.82, 2.24) is 9.80 Å². The molecule has 2 fully saturated rings. The molecule has 0 radical (unpaired) electrons. The zero-order valence-electron chi connectivity index (χ0n) is 11.7. The lowest BCUT2D eigenvalue weighted by Crippen LogP contribution is -2.51. The fraction of sp³-hybridized carbons (Fsp3) is 0.846. The molecule has 0 spiro atoms. The summed E-state index contributed by atoms with van der Waals surface area (Å²) in [7, 11) is 1.87. The lowest BCUT2D eigenvalue weighted by Gasteiger charge is -2.36. The lowest BCUT2D eigenvalue weighted by molar-refractivity contribution is -0.143.